The number of H-pyrrole nitrogens is 1. The minimum absolute atomic E-state index is 0. The number of hydrogen-bond acceptors (Lipinski definition) is 6. The van der Waals surface area contributed by atoms with E-state index < -0.39 is 0 Å². The van der Waals surface area contributed by atoms with E-state index in [0.29, 0.717) is 28.5 Å². The number of hydrogen-bond donors (Lipinski definition) is 3. The molecule has 1 aromatic carbocycles. The van der Waals surface area contributed by atoms with Gasteiger partial charge in [0.15, 0.2) is 11.6 Å². The molecule has 0 spiro atoms. The van der Waals surface area contributed by atoms with E-state index in [2.05, 4.69) is 30.8 Å². The molecule has 7 nitrogen and oxygen atoms in total. The first-order valence-corrected chi connectivity index (χ1v) is 9.32. The van der Waals surface area contributed by atoms with Crippen molar-refractivity contribution in [2.45, 2.75) is 25.8 Å². The third-order valence-electron chi connectivity index (χ3n) is 4.38. The zero-order valence-corrected chi connectivity index (χ0v) is 15.8. The van der Waals surface area contributed by atoms with Crippen molar-refractivity contribution >= 4 is 29.1 Å². The zero-order chi connectivity index (χ0) is 18.6. The highest BCUT2D eigenvalue weighted by Gasteiger charge is 2.16. The summed E-state index contributed by atoms with van der Waals surface area (Å²) < 4.78 is 5.44. The number of anilines is 3. The predicted octanol–water partition coefficient (Wildman–Crippen LogP) is 4.41. The number of aryl methyl sites for hydroxylation is 1. The fourth-order valence-corrected chi connectivity index (χ4v) is 3.23. The monoisotopic (exact) mass is 386 g/mol. The number of benzene rings is 1. The van der Waals surface area contributed by atoms with E-state index in [1.54, 1.807) is 0 Å². The van der Waals surface area contributed by atoms with Gasteiger partial charge in [-0.2, -0.15) is 5.10 Å². The Labute approximate surface area is 164 Å². The normalized spacial score (nSPS) is 14.9. The molecule has 0 amide bonds. The van der Waals surface area contributed by atoms with Crippen LogP contribution in [0.2, 0.25) is 5.02 Å². The molecule has 0 radical (unpaired) electrons. The molecule has 1 aliphatic heterocycles. The Bertz CT molecular complexity index is 928. The molecule has 0 bridgehead atoms. The van der Waals surface area contributed by atoms with Crippen molar-refractivity contribution in [1.29, 1.82) is 0 Å². The van der Waals surface area contributed by atoms with E-state index in [1.807, 2.05) is 43.3 Å². The fraction of sp³-hybridized carbons (Fsp3) is 0.316. The van der Waals surface area contributed by atoms with Gasteiger partial charge >= 0.3 is 0 Å². The molecular weight excluding hydrogens is 364 g/mol. The van der Waals surface area contributed by atoms with Crippen LogP contribution in [0.1, 0.15) is 20.0 Å². The zero-order valence-electron chi connectivity index (χ0n) is 15.0. The van der Waals surface area contributed by atoms with Crippen LogP contribution < -0.4 is 10.6 Å². The molecule has 8 heteroatoms. The van der Waals surface area contributed by atoms with Crippen LogP contribution in [0.3, 0.4) is 0 Å². The highest BCUT2D eigenvalue weighted by atomic mass is 35.5. The van der Waals surface area contributed by atoms with Gasteiger partial charge in [0.2, 0.25) is 0 Å². The molecule has 1 saturated heterocycles. The molecular formula is C19H23ClN6O. The summed E-state index contributed by atoms with van der Waals surface area (Å²) in [5.74, 6) is 2.67. The number of halogens is 1. The second-order valence-corrected chi connectivity index (χ2v) is 6.94. The summed E-state index contributed by atoms with van der Waals surface area (Å²) in [6.07, 6.45) is 1.90. The van der Waals surface area contributed by atoms with Gasteiger partial charge in [-0.25, -0.2) is 9.97 Å². The molecule has 2 aromatic heterocycles. The van der Waals surface area contributed by atoms with E-state index in [4.69, 9.17) is 16.3 Å². The maximum atomic E-state index is 6.36. The van der Waals surface area contributed by atoms with Gasteiger partial charge < -0.3 is 15.4 Å². The van der Waals surface area contributed by atoms with Gasteiger partial charge in [0, 0.05) is 44.1 Å². The first-order chi connectivity index (χ1) is 13.2. The predicted molar refractivity (Wildman–Crippen MR) is 109 cm³/mol. The van der Waals surface area contributed by atoms with Crippen LogP contribution in [0.15, 0.2) is 36.4 Å². The Morgan fingerprint density at radius 3 is 2.63 bits per heavy atom. The number of aromatic nitrogens is 4. The largest absolute Gasteiger partial charge is 0.381 e. The van der Waals surface area contributed by atoms with Crippen molar-refractivity contribution in [2.24, 2.45) is 0 Å². The summed E-state index contributed by atoms with van der Waals surface area (Å²) in [6, 6.07) is 11.7. The molecule has 0 saturated carbocycles. The summed E-state index contributed by atoms with van der Waals surface area (Å²) in [5.41, 5.74) is 1.76. The lowest BCUT2D eigenvalue weighted by molar-refractivity contribution is 0.0904. The van der Waals surface area contributed by atoms with E-state index in [1.165, 1.54) is 0 Å². The summed E-state index contributed by atoms with van der Waals surface area (Å²) in [5, 5.41) is 14.5. The number of rotatable bonds is 5. The molecule has 3 heterocycles. The van der Waals surface area contributed by atoms with Crippen molar-refractivity contribution in [2.75, 3.05) is 23.8 Å². The van der Waals surface area contributed by atoms with Gasteiger partial charge in [0.05, 0.1) is 5.02 Å². The summed E-state index contributed by atoms with van der Waals surface area (Å²) in [6.45, 7) is 3.47. The molecule has 27 heavy (non-hydrogen) atoms. The average Bonchev–Trinajstić information content (AvgIpc) is 3.07. The second kappa shape index (κ2) is 7.94. The third kappa shape index (κ3) is 4.37. The molecule has 142 valence electrons. The van der Waals surface area contributed by atoms with Crippen molar-refractivity contribution in [3.63, 3.8) is 0 Å². The fourth-order valence-electron chi connectivity index (χ4n) is 3.01. The van der Waals surface area contributed by atoms with Crippen LogP contribution in [0, 0.1) is 6.92 Å². The van der Waals surface area contributed by atoms with Gasteiger partial charge in [0.1, 0.15) is 11.6 Å². The molecule has 1 fully saturated rings. The van der Waals surface area contributed by atoms with E-state index in [-0.39, 0.29) is 1.43 Å². The lowest BCUT2D eigenvalue weighted by Gasteiger charge is -2.24. The number of aromatic amines is 1. The van der Waals surface area contributed by atoms with E-state index in [9.17, 15) is 0 Å². The lowest BCUT2D eigenvalue weighted by Crippen LogP contribution is -2.28. The van der Waals surface area contributed by atoms with Crippen LogP contribution in [0.25, 0.3) is 11.4 Å². The molecule has 0 atom stereocenters. The maximum Gasteiger partial charge on any atom is 0.165 e. The van der Waals surface area contributed by atoms with Crippen molar-refractivity contribution in [1.82, 2.24) is 20.2 Å². The Hall–Kier alpha value is -2.64. The summed E-state index contributed by atoms with van der Waals surface area (Å²) >= 11 is 6.36. The van der Waals surface area contributed by atoms with Crippen LogP contribution in [-0.2, 0) is 4.74 Å². The highest BCUT2D eigenvalue weighted by Crippen LogP contribution is 2.28. The van der Waals surface area contributed by atoms with Crippen molar-refractivity contribution in [3.8, 4) is 11.4 Å². The Kier molecular flexibility index (Phi) is 5.22. The lowest BCUT2D eigenvalue weighted by atomic mass is 10.1. The molecule has 0 unspecified atom stereocenters. The van der Waals surface area contributed by atoms with E-state index in [0.717, 1.165) is 43.1 Å². The van der Waals surface area contributed by atoms with Crippen LogP contribution >= 0.6 is 11.6 Å². The quantitative estimate of drug-likeness (QED) is 0.602. The van der Waals surface area contributed by atoms with Crippen LogP contribution in [0.4, 0.5) is 17.5 Å². The third-order valence-corrected chi connectivity index (χ3v) is 4.71. The average molecular weight is 387 g/mol. The Balaban J connectivity index is 0.00000225. The standard InChI is InChI=1S/C19H21ClN6O.H2/c1-12-10-18(26-25-12)22-17-11-16(21-13-6-8-27-9-7-13)23-19(24-17)14-4-2-3-5-15(14)20;/h2-5,10-11,13H,6-9H2,1H3,(H3,21,22,23,24,25,26);1H. The Morgan fingerprint density at radius 1 is 1.11 bits per heavy atom. The van der Waals surface area contributed by atoms with Crippen molar-refractivity contribution in [3.05, 3.63) is 47.1 Å². The van der Waals surface area contributed by atoms with Crippen molar-refractivity contribution < 1.29 is 6.16 Å². The highest BCUT2D eigenvalue weighted by molar-refractivity contribution is 6.33. The molecule has 4 rings (SSSR count). The molecule has 3 aromatic rings. The van der Waals surface area contributed by atoms with Gasteiger partial charge in [-0.15, -0.1) is 0 Å². The minimum atomic E-state index is 0. The summed E-state index contributed by atoms with van der Waals surface area (Å²) in [7, 11) is 0. The van der Waals surface area contributed by atoms with Gasteiger partial charge in [0.25, 0.3) is 0 Å². The van der Waals surface area contributed by atoms with Gasteiger partial charge in [-0.05, 0) is 31.9 Å². The topological polar surface area (TPSA) is 87.8 Å². The smallest absolute Gasteiger partial charge is 0.165 e. The Morgan fingerprint density at radius 2 is 1.89 bits per heavy atom. The van der Waals surface area contributed by atoms with E-state index >= 15 is 0 Å². The SMILES string of the molecule is Cc1cc(Nc2cc(NC3CCOCC3)nc(-c3ccccc3Cl)n2)n[nH]1.[HH]. The van der Waals surface area contributed by atoms with Gasteiger partial charge in [-0.3, -0.25) is 5.10 Å². The summed E-state index contributed by atoms with van der Waals surface area (Å²) in [4.78, 5) is 9.33. The molecule has 0 aliphatic carbocycles. The van der Waals surface area contributed by atoms with Crippen LogP contribution in [-0.4, -0.2) is 39.4 Å². The maximum absolute atomic E-state index is 6.36. The minimum Gasteiger partial charge on any atom is -0.381 e. The number of nitrogens with one attached hydrogen (secondary N) is 3. The first kappa shape index (κ1) is 17.8. The second-order valence-electron chi connectivity index (χ2n) is 6.53. The van der Waals surface area contributed by atoms with Crippen LogP contribution in [0.5, 0.6) is 0 Å². The number of ether oxygens (including phenoxy) is 1. The molecule has 1 aliphatic rings. The van der Waals surface area contributed by atoms with Gasteiger partial charge in [-0.1, -0.05) is 23.7 Å². The first-order valence-electron chi connectivity index (χ1n) is 8.95. The number of nitrogens with zero attached hydrogens (tertiary/aromatic N) is 3. The molecule has 3 N–H and O–H groups in total.